The third-order valence-corrected chi connectivity index (χ3v) is 4.00. The second-order valence-corrected chi connectivity index (χ2v) is 5.60. The smallest absolute Gasteiger partial charge is 0.159 e. The molecule has 19 heavy (non-hydrogen) atoms. The quantitative estimate of drug-likeness (QED) is 0.598. The Morgan fingerprint density at radius 3 is 2.74 bits per heavy atom. The lowest BCUT2D eigenvalue weighted by Gasteiger charge is -2.25. The fraction of sp³-hybridized carbons (Fsp3) is 0.438. The predicted molar refractivity (Wildman–Crippen MR) is 78.0 cm³/mol. The van der Waals surface area contributed by atoms with Gasteiger partial charge in [0.2, 0.25) is 0 Å². The van der Waals surface area contributed by atoms with Crippen molar-refractivity contribution < 1.29 is 9.53 Å². The Morgan fingerprint density at radius 2 is 2.11 bits per heavy atom. The van der Waals surface area contributed by atoms with Crippen molar-refractivity contribution in [3.05, 3.63) is 40.9 Å². The first-order chi connectivity index (χ1) is 9.08. The van der Waals surface area contributed by atoms with Gasteiger partial charge < -0.3 is 4.74 Å². The molecule has 2 unspecified atom stereocenters. The van der Waals surface area contributed by atoms with Crippen LogP contribution in [-0.4, -0.2) is 12.4 Å². The minimum atomic E-state index is 0.0134. The van der Waals surface area contributed by atoms with E-state index < -0.39 is 0 Å². The van der Waals surface area contributed by atoms with Crippen molar-refractivity contribution in [3.8, 4) is 5.75 Å². The van der Waals surface area contributed by atoms with E-state index in [4.69, 9.17) is 16.3 Å². The molecule has 2 rings (SSSR count). The minimum absolute atomic E-state index is 0.0134. The van der Waals surface area contributed by atoms with E-state index in [0.717, 1.165) is 12.8 Å². The monoisotopic (exact) mass is 278 g/mol. The van der Waals surface area contributed by atoms with Gasteiger partial charge in [-0.3, -0.25) is 4.79 Å². The van der Waals surface area contributed by atoms with Crippen LogP contribution in [0.25, 0.3) is 0 Å². The Balaban J connectivity index is 1.99. The van der Waals surface area contributed by atoms with E-state index in [1.54, 1.807) is 18.2 Å². The highest BCUT2D eigenvalue weighted by molar-refractivity contribution is 6.32. The minimum Gasteiger partial charge on any atom is -0.492 e. The van der Waals surface area contributed by atoms with Crippen LogP contribution in [0.3, 0.4) is 0 Å². The summed E-state index contributed by atoms with van der Waals surface area (Å²) in [4.78, 5) is 11.3. The molecule has 3 heteroatoms. The van der Waals surface area contributed by atoms with Crippen LogP contribution in [0.2, 0.25) is 5.02 Å². The maximum atomic E-state index is 11.3. The van der Waals surface area contributed by atoms with E-state index in [1.807, 2.05) is 0 Å². The molecular formula is C16H19ClO2. The Labute approximate surface area is 119 Å². The molecule has 0 saturated heterocycles. The fourth-order valence-corrected chi connectivity index (χ4v) is 2.51. The summed E-state index contributed by atoms with van der Waals surface area (Å²) < 4.78 is 5.80. The third kappa shape index (κ3) is 3.60. The lowest BCUT2D eigenvalue weighted by molar-refractivity contribution is 0.101. The van der Waals surface area contributed by atoms with Crippen molar-refractivity contribution in [2.24, 2.45) is 11.8 Å². The van der Waals surface area contributed by atoms with E-state index in [9.17, 15) is 4.79 Å². The van der Waals surface area contributed by atoms with Crippen LogP contribution < -0.4 is 4.74 Å². The van der Waals surface area contributed by atoms with Crippen molar-refractivity contribution in [3.63, 3.8) is 0 Å². The van der Waals surface area contributed by atoms with E-state index in [-0.39, 0.29) is 5.78 Å². The van der Waals surface area contributed by atoms with Gasteiger partial charge in [0.05, 0.1) is 11.6 Å². The predicted octanol–water partition coefficient (Wildman–Crippen LogP) is 4.52. The normalized spacial score (nSPS) is 22.3. The van der Waals surface area contributed by atoms with Crippen molar-refractivity contribution in [2.75, 3.05) is 6.61 Å². The molecular weight excluding hydrogens is 260 g/mol. The summed E-state index contributed by atoms with van der Waals surface area (Å²) in [6.07, 6.45) is 6.62. The summed E-state index contributed by atoms with van der Waals surface area (Å²) in [7, 11) is 0. The maximum Gasteiger partial charge on any atom is 0.159 e. The van der Waals surface area contributed by atoms with Crippen molar-refractivity contribution in [1.82, 2.24) is 0 Å². The Morgan fingerprint density at radius 1 is 1.37 bits per heavy atom. The lowest BCUT2D eigenvalue weighted by Crippen LogP contribution is -2.21. The number of halogens is 1. The van der Waals surface area contributed by atoms with Crippen LogP contribution in [0.15, 0.2) is 30.4 Å². The number of benzene rings is 1. The van der Waals surface area contributed by atoms with Crippen LogP contribution >= 0.6 is 11.6 Å². The molecule has 1 aliphatic carbocycles. The molecule has 0 saturated carbocycles. The van der Waals surface area contributed by atoms with Gasteiger partial charge in [0.25, 0.3) is 0 Å². The highest BCUT2D eigenvalue weighted by atomic mass is 35.5. The average molecular weight is 279 g/mol. The Bertz CT molecular complexity index is 494. The molecule has 1 aliphatic rings. The summed E-state index contributed by atoms with van der Waals surface area (Å²) in [5.74, 6) is 1.85. The zero-order valence-electron chi connectivity index (χ0n) is 11.4. The van der Waals surface area contributed by atoms with E-state index in [0.29, 0.717) is 34.8 Å². The molecule has 102 valence electrons. The highest BCUT2D eigenvalue weighted by Gasteiger charge is 2.19. The van der Waals surface area contributed by atoms with Crippen molar-refractivity contribution in [1.29, 1.82) is 0 Å². The van der Waals surface area contributed by atoms with Crippen molar-refractivity contribution >= 4 is 17.4 Å². The van der Waals surface area contributed by atoms with Crippen LogP contribution in [0.5, 0.6) is 5.75 Å². The summed E-state index contributed by atoms with van der Waals surface area (Å²) >= 11 is 6.14. The molecule has 2 atom stereocenters. The first-order valence-corrected chi connectivity index (χ1v) is 7.04. The number of rotatable bonds is 4. The molecule has 2 nitrogen and oxygen atoms in total. The van der Waals surface area contributed by atoms with E-state index in [1.165, 1.54) is 6.92 Å². The number of hydrogen-bond donors (Lipinski definition) is 0. The molecule has 1 aromatic carbocycles. The van der Waals surface area contributed by atoms with Gasteiger partial charge in [0.15, 0.2) is 5.78 Å². The molecule has 0 N–H and O–H groups in total. The molecule has 0 aromatic heterocycles. The molecule has 0 bridgehead atoms. The Kier molecular flexibility index (Phi) is 4.65. The van der Waals surface area contributed by atoms with Crippen molar-refractivity contribution in [2.45, 2.75) is 26.7 Å². The lowest BCUT2D eigenvalue weighted by atomic mass is 9.85. The number of hydrogen-bond acceptors (Lipinski definition) is 2. The topological polar surface area (TPSA) is 26.3 Å². The number of carbonyl (C=O) groups excluding carboxylic acids is 1. The van der Waals surface area contributed by atoms with Gasteiger partial charge in [-0.05, 0) is 49.8 Å². The Hall–Kier alpha value is -1.28. The van der Waals surface area contributed by atoms with Crippen LogP contribution in [0.1, 0.15) is 37.0 Å². The zero-order chi connectivity index (χ0) is 13.8. The van der Waals surface area contributed by atoms with Gasteiger partial charge in [-0.2, -0.15) is 0 Å². The summed E-state index contributed by atoms with van der Waals surface area (Å²) in [6, 6.07) is 5.21. The van der Waals surface area contributed by atoms with Crippen LogP contribution in [-0.2, 0) is 0 Å². The van der Waals surface area contributed by atoms with Gasteiger partial charge in [-0.15, -0.1) is 0 Å². The summed E-state index contributed by atoms with van der Waals surface area (Å²) in [5.41, 5.74) is 0.617. The van der Waals surface area contributed by atoms with Crippen LogP contribution in [0, 0.1) is 11.8 Å². The van der Waals surface area contributed by atoms with Crippen LogP contribution in [0.4, 0.5) is 0 Å². The van der Waals surface area contributed by atoms with Gasteiger partial charge in [0.1, 0.15) is 5.75 Å². The molecule has 1 aromatic rings. The summed E-state index contributed by atoms with van der Waals surface area (Å²) in [6.45, 7) is 4.45. The van der Waals surface area contributed by atoms with Gasteiger partial charge in [-0.1, -0.05) is 30.7 Å². The SMILES string of the molecule is CC(=O)c1ccc(OCC2CC=CCC2C)c(Cl)c1. The highest BCUT2D eigenvalue weighted by Crippen LogP contribution is 2.29. The largest absolute Gasteiger partial charge is 0.492 e. The number of ketones is 1. The van der Waals surface area contributed by atoms with Gasteiger partial charge in [-0.25, -0.2) is 0 Å². The molecule has 0 heterocycles. The fourth-order valence-electron chi connectivity index (χ4n) is 2.27. The number of allylic oxidation sites excluding steroid dienone is 2. The second kappa shape index (κ2) is 6.25. The molecule has 0 spiro atoms. The first-order valence-electron chi connectivity index (χ1n) is 6.66. The van der Waals surface area contributed by atoms with E-state index in [2.05, 4.69) is 19.1 Å². The maximum absolute atomic E-state index is 11.3. The number of Topliss-reactive ketones (excluding diaryl/α,β-unsaturated/α-hetero) is 1. The number of carbonyl (C=O) groups is 1. The average Bonchev–Trinajstić information content (AvgIpc) is 2.39. The zero-order valence-corrected chi connectivity index (χ0v) is 12.1. The molecule has 0 radical (unpaired) electrons. The second-order valence-electron chi connectivity index (χ2n) is 5.19. The molecule has 0 fully saturated rings. The van der Waals surface area contributed by atoms with E-state index >= 15 is 0 Å². The molecule has 0 amide bonds. The first kappa shape index (κ1) is 14.1. The summed E-state index contributed by atoms with van der Waals surface area (Å²) in [5, 5.41) is 0.506. The third-order valence-electron chi connectivity index (χ3n) is 3.71. The van der Waals surface area contributed by atoms with Gasteiger partial charge in [0, 0.05) is 5.56 Å². The molecule has 0 aliphatic heterocycles. The van der Waals surface area contributed by atoms with Gasteiger partial charge >= 0.3 is 0 Å². The standard InChI is InChI=1S/C16H19ClO2/c1-11-5-3-4-6-14(11)10-19-16-8-7-13(12(2)18)9-15(16)17/h3-4,7-9,11,14H,5-6,10H2,1-2H3. The number of ether oxygens (including phenoxy) is 1.